The number of nitrogens with zero attached hydrogens (tertiary/aromatic N) is 1. The minimum Gasteiger partial charge on any atom is -0.347 e. The molecule has 0 aliphatic carbocycles. The van der Waals surface area contributed by atoms with Crippen LogP contribution in [0.1, 0.15) is 34.5 Å². The van der Waals surface area contributed by atoms with Gasteiger partial charge in [-0.25, -0.2) is 12.8 Å². The number of piperidine rings is 1. The first-order valence-electron chi connectivity index (χ1n) is 8.20. The molecule has 0 unspecified atom stereocenters. The smallest absolute Gasteiger partial charge is 0.254 e. The van der Waals surface area contributed by atoms with Crippen molar-refractivity contribution < 1.29 is 17.6 Å². The molecule has 1 aromatic heterocycles. The van der Waals surface area contributed by atoms with E-state index in [1.165, 1.54) is 16.4 Å². The quantitative estimate of drug-likeness (QED) is 0.738. The maximum atomic E-state index is 13.8. The summed E-state index contributed by atoms with van der Waals surface area (Å²) in [5.41, 5.74) is -0.0501. The normalized spacial score (nSPS) is 15.8. The zero-order valence-corrected chi connectivity index (χ0v) is 17.1. The van der Waals surface area contributed by atoms with Gasteiger partial charge in [0.1, 0.15) is 10.0 Å². The van der Waals surface area contributed by atoms with Crippen LogP contribution in [0.25, 0.3) is 0 Å². The Kier molecular flexibility index (Phi) is 6.11. The molecule has 0 bridgehead atoms. The summed E-state index contributed by atoms with van der Waals surface area (Å²) in [5.74, 6) is -1.15. The van der Waals surface area contributed by atoms with Crippen molar-refractivity contribution >= 4 is 43.2 Å². The molecule has 26 heavy (non-hydrogen) atoms. The monoisotopic (exact) mass is 460 g/mol. The van der Waals surface area contributed by atoms with Crippen LogP contribution in [0.2, 0.25) is 0 Å². The number of halogens is 2. The molecule has 1 amide bonds. The highest BCUT2D eigenvalue weighted by molar-refractivity contribution is 9.10. The summed E-state index contributed by atoms with van der Waals surface area (Å²) >= 11 is 4.28. The second-order valence-electron chi connectivity index (χ2n) is 5.99. The number of rotatable bonds is 5. The molecule has 0 spiro atoms. The minimum atomic E-state index is -3.47. The zero-order valence-electron chi connectivity index (χ0n) is 13.9. The van der Waals surface area contributed by atoms with Gasteiger partial charge in [0.2, 0.25) is 0 Å². The van der Waals surface area contributed by atoms with Crippen LogP contribution in [-0.2, 0) is 16.6 Å². The summed E-state index contributed by atoms with van der Waals surface area (Å²) in [4.78, 5) is 12.8. The average Bonchev–Trinajstić information content (AvgIpc) is 3.10. The van der Waals surface area contributed by atoms with E-state index in [0.717, 1.165) is 30.6 Å². The van der Waals surface area contributed by atoms with Crippen molar-refractivity contribution in [2.75, 3.05) is 13.1 Å². The Hall–Kier alpha value is -1.29. The molecule has 1 fully saturated rings. The van der Waals surface area contributed by atoms with E-state index in [0.29, 0.717) is 22.4 Å². The second kappa shape index (κ2) is 8.16. The summed E-state index contributed by atoms with van der Waals surface area (Å²) in [6, 6.07) is 7.46. The molecule has 140 valence electrons. The van der Waals surface area contributed by atoms with Gasteiger partial charge in [0.15, 0.2) is 0 Å². The molecule has 5 nitrogen and oxygen atoms in total. The number of hydrogen-bond donors (Lipinski definition) is 1. The molecule has 3 rings (SSSR count). The van der Waals surface area contributed by atoms with E-state index >= 15 is 0 Å². The number of amides is 1. The van der Waals surface area contributed by atoms with E-state index in [4.69, 9.17) is 0 Å². The summed E-state index contributed by atoms with van der Waals surface area (Å²) in [6.07, 6.45) is 2.82. The number of sulfonamides is 1. The third kappa shape index (κ3) is 4.33. The Labute approximate surface area is 164 Å². The van der Waals surface area contributed by atoms with Crippen molar-refractivity contribution in [3.63, 3.8) is 0 Å². The molecular weight excluding hydrogens is 443 g/mol. The van der Waals surface area contributed by atoms with Crippen LogP contribution in [0.15, 0.2) is 39.0 Å². The lowest BCUT2D eigenvalue weighted by molar-refractivity contribution is 0.0947. The second-order valence-corrected chi connectivity index (χ2v) is 10.2. The van der Waals surface area contributed by atoms with Crippen LogP contribution in [0.4, 0.5) is 4.39 Å². The van der Waals surface area contributed by atoms with Gasteiger partial charge in [0.05, 0.1) is 12.1 Å². The highest BCUT2D eigenvalue weighted by atomic mass is 79.9. The van der Waals surface area contributed by atoms with Gasteiger partial charge >= 0.3 is 0 Å². The van der Waals surface area contributed by atoms with E-state index in [-0.39, 0.29) is 16.3 Å². The molecule has 0 saturated carbocycles. The third-order valence-corrected chi connectivity index (χ3v) is 8.09. The van der Waals surface area contributed by atoms with Gasteiger partial charge in [0.25, 0.3) is 15.9 Å². The first-order chi connectivity index (χ1) is 12.4. The SMILES string of the molecule is O=C(NCc1ccc(S(=O)(=O)N2CCCCC2)s1)c1ccc(Br)cc1F. The Morgan fingerprint density at radius 2 is 1.92 bits per heavy atom. The van der Waals surface area contributed by atoms with Crippen molar-refractivity contribution in [2.24, 2.45) is 0 Å². The highest BCUT2D eigenvalue weighted by Crippen LogP contribution is 2.27. The molecular formula is C17H18BrFN2O3S2. The van der Waals surface area contributed by atoms with Crippen LogP contribution < -0.4 is 5.32 Å². The predicted octanol–water partition coefficient (Wildman–Crippen LogP) is 3.75. The fourth-order valence-electron chi connectivity index (χ4n) is 2.76. The molecule has 0 radical (unpaired) electrons. The zero-order chi connectivity index (χ0) is 18.7. The molecule has 1 aliphatic heterocycles. The first-order valence-corrected chi connectivity index (χ1v) is 11.2. The van der Waals surface area contributed by atoms with Gasteiger partial charge in [0, 0.05) is 22.4 Å². The Bertz CT molecular complexity index is 908. The van der Waals surface area contributed by atoms with Crippen molar-refractivity contribution in [1.29, 1.82) is 0 Å². The number of thiophene rings is 1. The van der Waals surface area contributed by atoms with Gasteiger partial charge in [-0.2, -0.15) is 4.31 Å². The van der Waals surface area contributed by atoms with Crippen LogP contribution in [-0.4, -0.2) is 31.7 Å². The number of nitrogens with one attached hydrogen (secondary N) is 1. The van der Waals surface area contributed by atoms with Crippen molar-refractivity contribution in [2.45, 2.75) is 30.0 Å². The van der Waals surface area contributed by atoms with Gasteiger partial charge in [-0.05, 0) is 43.2 Å². The summed E-state index contributed by atoms with van der Waals surface area (Å²) in [6.45, 7) is 1.25. The lowest BCUT2D eigenvalue weighted by atomic mass is 10.2. The Morgan fingerprint density at radius 3 is 2.62 bits per heavy atom. The van der Waals surface area contributed by atoms with E-state index in [1.54, 1.807) is 18.2 Å². The number of benzene rings is 1. The molecule has 9 heteroatoms. The molecule has 1 N–H and O–H groups in total. The molecule has 2 aromatic rings. The largest absolute Gasteiger partial charge is 0.347 e. The molecule has 2 heterocycles. The lowest BCUT2D eigenvalue weighted by Crippen LogP contribution is -2.35. The highest BCUT2D eigenvalue weighted by Gasteiger charge is 2.27. The fraction of sp³-hybridized carbons (Fsp3) is 0.353. The number of hydrogen-bond acceptors (Lipinski definition) is 4. The van der Waals surface area contributed by atoms with Gasteiger partial charge in [-0.1, -0.05) is 22.4 Å². The average molecular weight is 461 g/mol. The lowest BCUT2D eigenvalue weighted by Gasteiger charge is -2.25. The van der Waals surface area contributed by atoms with Crippen LogP contribution in [0.3, 0.4) is 0 Å². The summed E-state index contributed by atoms with van der Waals surface area (Å²) in [7, 11) is -3.47. The summed E-state index contributed by atoms with van der Waals surface area (Å²) in [5, 5.41) is 2.63. The fourth-order valence-corrected chi connectivity index (χ4v) is 6.06. The van der Waals surface area contributed by atoms with Crippen molar-refractivity contribution in [3.05, 3.63) is 51.1 Å². The van der Waals surface area contributed by atoms with Gasteiger partial charge < -0.3 is 5.32 Å². The standard InChI is InChI=1S/C17H18BrFN2O3S2/c18-12-4-6-14(15(19)10-12)17(22)20-11-13-5-7-16(25-13)26(23,24)21-8-2-1-3-9-21/h4-7,10H,1-3,8-9,11H2,(H,20,22). The first kappa shape index (κ1) is 19.5. The molecule has 1 aliphatic rings. The molecule has 0 atom stereocenters. The third-order valence-electron chi connectivity index (χ3n) is 4.15. The maximum absolute atomic E-state index is 13.8. The predicted molar refractivity (Wildman–Crippen MR) is 102 cm³/mol. The minimum absolute atomic E-state index is 0.0501. The number of carbonyl (C=O) groups is 1. The number of carbonyl (C=O) groups excluding carboxylic acids is 1. The molecule has 1 aromatic carbocycles. The van der Waals surface area contributed by atoms with Gasteiger partial charge in [-0.15, -0.1) is 11.3 Å². The summed E-state index contributed by atoms with van der Waals surface area (Å²) < 4.78 is 41.4. The van der Waals surface area contributed by atoms with E-state index in [9.17, 15) is 17.6 Å². The van der Waals surface area contributed by atoms with E-state index < -0.39 is 21.7 Å². The van der Waals surface area contributed by atoms with Crippen LogP contribution >= 0.6 is 27.3 Å². The van der Waals surface area contributed by atoms with Crippen molar-refractivity contribution in [1.82, 2.24) is 9.62 Å². The van der Waals surface area contributed by atoms with Gasteiger partial charge in [-0.3, -0.25) is 4.79 Å². The van der Waals surface area contributed by atoms with Crippen molar-refractivity contribution in [3.8, 4) is 0 Å². The van der Waals surface area contributed by atoms with Crippen LogP contribution in [0, 0.1) is 5.82 Å². The van der Waals surface area contributed by atoms with E-state index in [1.807, 2.05) is 0 Å². The Morgan fingerprint density at radius 1 is 1.19 bits per heavy atom. The topological polar surface area (TPSA) is 66.5 Å². The Balaban J connectivity index is 1.66. The maximum Gasteiger partial charge on any atom is 0.254 e. The molecule has 1 saturated heterocycles. The van der Waals surface area contributed by atoms with E-state index in [2.05, 4.69) is 21.2 Å². The van der Waals surface area contributed by atoms with Crippen LogP contribution in [0.5, 0.6) is 0 Å².